The van der Waals surface area contributed by atoms with Crippen LogP contribution in [0.3, 0.4) is 0 Å². The molecule has 25 heavy (non-hydrogen) atoms. The highest BCUT2D eigenvalue weighted by atomic mass is 16.2. The van der Waals surface area contributed by atoms with Gasteiger partial charge in [0.1, 0.15) is 0 Å². The van der Waals surface area contributed by atoms with Crippen molar-refractivity contribution in [1.82, 2.24) is 25.1 Å². The molecule has 1 saturated heterocycles. The van der Waals surface area contributed by atoms with Crippen molar-refractivity contribution in [3.05, 3.63) is 36.8 Å². The maximum absolute atomic E-state index is 12.4. The zero-order valence-corrected chi connectivity index (χ0v) is 14.5. The normalized spacial score (nSPS) is 18.4. The average Bonchev–Trinajstić information content (AvgIpc) is 3.10. The molecule has 0 spiro atoms. The summed E-state index contributed by atoms with van der Waals surface area (Å²) in [6, 6.07) is 5.64. The average molecular weight is 341 g/mol. The van der Waals surface area contributed by atoms with Gasteiger partial charge < -0.3 is 4.90 Å². The van der Waals surface area contributed by atoms with E-state index in [-0.39, 0.29) is 11.9 Å². The monoisotopic (exact) mass is 341 g/mol. The second-order valence-electron chi connectivity index (χ2n) is 6.25. The molecular formula is C17H23N7O. The van der Waals surface area contributed by atoms with Gasteiger partial charge in [-0.05, 0) is 45.0 Å². The number of hydrogen-bond donors (Lipinski definition) is 1. The van der Waals surface area contributed by atoms with Gasteiger partial charge in [-0.3, -0.25) is 15.0 Å². The molecule has 3 heterocycles. The molecule has 2 aromatic heterocycles. The number of nitrogens with zero attached hydrogens (tertiary/aromatic N) is 6. The molecule has 1 fully saturated rings. The molecule has 132 valence electrons. The van der Waals surface area contributed by atoms with E-state index in [0.29, 0.717) is 12.0 Å². The van der Waals surface area contributed by atoms with Crippen LogP contribution in [-0.2, 0) is 4.79 Å². The molecule has 0 aromatic carbocycles. The minimum atomic E-state index is -0.284. The van der Waals surface area contributed by atoms with E-state index in [9.17, 15) is 4.79 Å². The van der Waals surface area contributed by atoms with Crippen LogP contribution in [0.2, 0.25) is 0 Å². The highest BCUT2D eigenvalue weighted by Gasteiger charge is 2.29. The summed E-state index contributed by atoms with van der Waals surface area (Å²) in [5.41, 5.74) is 0. The highest BCUT2D eigenvalue weighted by molar-refractivity contribution is 5.92. The number of amides is 1. The number of carbonyl (C=O) groups is 1. The Labute approximate surface area is 147 Å². The van der Waals surface area contributed by atoms with Gasteiger partial charge in [0.2, 0.25) is 11.9 Å². The van der Waals surface area contributed by atoms with Crippen LogP contribution in [-0.4, -0.2) is 63.2 Å². The first-order valence-electron chi connectivity index (χ1n) is 8.47. The molecule has 2 atom stereocenters. The summed E-state index contributed by atoms with van der Waals surface area (Å²) >= 11 is 0. The van der Waals surface area contributed by atoms with Gasteiger partial charge in [0.15, 0.2) is 5.82 Å². The molecule has 8 nitrogen and oxygen atoms in total. The molecule has 1 N–H and O–H groups in total. The maximum Gasteiger partial charge on any atom is 0.243 e. The lowest BCUT2D eigenvalue weighted by Gasteiger charge is -2.31. The standard InChI is InChI=1S/C17H23N7O/c1-13(16(25)21-17-18-8-5-9-19-17)23(2)12-14-6-4-11-24(14)15-7-3-10-20-22-15/h3,5,7-10,13-14H,4,6,11-12H2,1-2H3,(H,18,19,21,25)/t13-,14+/m0/s1. The quantitative estimate of drug-likeness (QED) is 0.844. The zero-order chi connectivity index (χ0) is 17.6. The van der Waals surface area contributed by atoms with Crippen LogP contribution in [0.15, 0.2) is 36.8 Å². The fourth-order valence-electron chi connectivity index (χ4n) is 3.04. The van der Waals surface area contributed by atoms with E-state index in [1.165, 1.54) is 0 Å². The van der Waals surface area contributed by atoms with Crippen molar-refractivity contribution in [3.8, 4) is 0 Å². The lowest BCUT2D eigenvalue weighted by atomic mass is 10.1. The van der Waals surface area contributed by atoms with E-state index in [2.05, 4.69) is 35.3 Å². The van der Waals surface area contributed by atoms with Gasteiger partial charge in [0, 0.05) is 37.7 Å². The van der Waals surface area contributed by atoms with E-state index in [1.807, 2.05) is 26.1 Å². The van der Waals surface area contributed by atoms with Gasteiger partial charge in [-0.15, -0.1) is 5.10 Å². The SMILES string of the molecule is C[C@@H](C(=O)Nc1ncccn1)N(C)C[C@H]1CCCN1c1cccnn1. The Morgan fingerprint density at radius 1 is 1.36 bits per heavy atom. The van der Waals surface area contributed by atoms with Crippen molar-refractivity contribution >= 4 is 17.7 Å². The Hall–Kier alpha value is -2.61. The van der Waals surface area contributed by atoms with Gasteiger partial charge in [-0.25, -0.2) is 9.97 Å². The van der Waals surface area contributed by atoms with Gasteiger partial charge in [0.25, 0.3) is 0 Å². The molecule has 0 unspecified atom stereocenters. The van der Waals surface area contributed by atoms with Gasteiger partial charge in [-0.1, -0.05) is 0 Å². The minimum absolute atomic E-state index is 0.113. The minimum Gasteiger partial charge on any atom is -0.351 e. The molecule has 0 radical (unpaired) electrons. The Kier molecular flexibility index (Phi) is 5.49. The van der Waals surface area contributed by atoms with Crippen LogP contribution in [0.25, 0.3) is 0 Å². The molecule has 2 aromatic rings. The van der Waals surface area contributed by atoms with E-state index in [0.717, 1.165) is 31.7 Å². The Bertz CT molecular complexity index is 682. The Morgan fingerprint density at radius 3 is 2.88 bits per heavy atom. The Balaban J connectivity index is 1.59. The van der Waals surface area contributed by atoms with Crippen LogP contribution in [0, 0.1) is 0 Å². The molecule has 8 heteroatoms. The molecular weight excluding hydrogens is 318 g/mol. The van der Waals surface area contributed by atoms with Crippen LogP contribution in [0.4, 0.5) is 11.8 Å². The number of nitrogens with one attached hydrogen (secondary N) is 1. The summed E-state index contributed by atoms with van der Waals surface area (Å²) in [6.45, 7) is 3.64. The third-order valence-electron chi connectivity index (χ3n) is 4.57. The number of aromatic nitrogens is 4. The van der Waals surface area contributed by atoms with Gasteiger partial charge in [0.05, 0.1) is 6.04 Å². The molecule has 3 rings (SSSR count). The summed E-state index contributed by atoms with van der Waals surface area (Å²) in [5.74, 6) is 1.11. The first-order chi connectivity index (χ1) is 12.1. The number of carbonyl (C=O) groups excluding carboxylic acids is 1. The van der Waals surface area contributed by atoms with E-state index < -0.39 is 0 Å². The third-order valence-corrected chi connectivity index (χ3v) is 4.57. The molecule has 0 aliphatic carbocycles. The second-order valence-corrected chi connectivity index (χ2v) is 6.25. The van der Waals surface area contributed by atoms with E-state index >= 15 is 0 Å². The Morgan fingerprint density at radius 2 is 2.16 bits per heavy atom. The van der Waals surface area contributed by atoms with Crippen molar-refractivity contribution in [2.24, 2.45) is 0 Å². The molecule has 1 aliphatic rings. The molecule has 0 bridgehead atoms. The van der Waals surface area contributed by atoms with Crippen LogP contribution < -0.4 is 10.2 Å². The molecule has 0 saturated carbocycles. The van der Waals surface area contributed by atoms with Crippen LogP contribution >= 0.6 is 0 Å². The fraction of sp³-hybridized carbons (Fsp3) is 0.471. The topological polar surface area (TPSA) is 87.1 Å². The summed E-state index contributed by atoms with van der Waals surface area (Å²) in [5, 5.41) is 10.9. The summed E-state index contributed by atoms with van der Waals surface area (Å²) < 4.78 is 0. The van der Waals surface area contributed by atoms with Crippen molar-refractivity contribution in [2.75, 3.05) is 30.4 Å². The molecule has 1 amide bonds. The van der Waals surface area contributed by atoms with Crippen molar-refractivity contribution < 1.29 is 4.79 Å². The first kappa shape index (κ1) is 17.2. The fourth-order valence-corrected chi connectivity index (χ4v) is 3.04. The van der Waals surface area contributed by atoms with Crippen LogP contribution in [0.1, 0.15) is 19.8 Å². The highest BCUT2D eigenvalue weighted by Crippen LogP contribution is 2.24. The summed E-state index contributed by atoms with van der Waals surface area (Å²) in [7, 11) is 1.96. The predicted octanol–water partition coefficient (Wildman–Crippen LogP) is 1.19. The van der Waals surface area contributed by atoms with E-state index in [4.69, 9.17) is 0 Å². The second kappa shape index (κ2) is 7.98. The number of likely N-dealkylation sites (N-methyl/N-ethyl adjacent to an activating group) is 1. The number of anilines is 2. The van der Waals surface area contributed by atoms with E-state index in [1.54, 1.807) is 24.7 Å². The summed E-state index contributed by atoms with van der Waals surface area (Å²) in [4.78, 5) is 24.8. The maximum atomic E-state index is 12.4. The number of hydrogen-bond acceptors (Lipinski definition) is 7. The third kappa shape index (κ3) is 4.27. The molecule has 1 aliphatic heterocycles. The number of rotatable bonds is 6. The summed E-state index contributed by atoms with van der Waals surface area (Å²) in [6.07, 6.45) is 7.09. The van der Waals surface area contributed by atoms with Gasteiger partial charge in [-0.2, -0.15) is 5.10 Å². The van der Waals surface area contributed by atoms with Crippen molar-refractivity contribution in [3.63, 3.8) is 0 Å². The largest absolute Gasteiger partial charge is 0.351 e. The predicted molar refractivity (Wildman–Crippen MR) is 95.2 cm³/mol. The van der Waals surface area contributed by atoms with Gasteiger partial charge >= 0.3 is 0 Å². The lowest BCUT2D eigenvalue weighted by Crippen LogP contribution is -2.46. The smallest absolute Gasteiger partial charge is 0.243 e. The van der Waals surface area contributed by atoms with Crippen molar-refractivity contribution in [1.29, 1.82) is 0 Å². The first-order valence-corrected chi connectivity index (χ1v) is 8.47. The van der Waals surface area contributed by atoms with Crippen LogP contribution in [0.5, 0.6) is 0 Å². The zero-order valence-electron chi connectivity index (χ0n) is 14.5. The lowest BCUT2D eigenvalue weighted by molar-refractivity contribution is -0.120. The van der Waals surface area contributed by atoms with Crippen molar-refractivity contribution in [2.45, 2.75) is 31.8 Å².